The topological polar surface area (TPSA) is 59.6 Å². The number of carbonyl (C=O) groups is 1. The number of carbonyl (C=O) groups excluding carboxylic acids is 1. The zero-order valence-electron chi connectivity index (χ0n) is 9.45. The maximum atomic E-state index is 11.5. The third-order valence-corrected chi connectivity index (χ3v) is 2.85. The summed E-state index contributed by atoms with van der Waals surface area (Å²) in [5.41, 5.74) is -0.196. The summed E-state index contributed by atoms with van der Waals surface area (Å²) >= 11 is 0. The summed E-state index contributed by atoms with van der Waals surface area (Å²) in [5, 5.41) is 6.04. The van der Waals surface area contributed by atoms with Crippen LogP contribution in [0.3, 0.4) is 0 Å². The summed E-state index contributed by atoms with van der Waals surface area (Å²) in [7, 11) is 0. The number of rotatable bonds is 4. The lowest BCUT2D eigenvalue weighted by Gasteiger charge is -2.28. The number of amides is 1. The van der Waals surface area contributed by atoms with Gasteiger partial charge < -0.3 is 20.1 Å². The summed E-state index contributed by atoms with van der Waals surface area (Å²) in [6.07, 6.45) is 1.09. The van der Waals surface area contributed by atoms with E-state index in [-0.39, 0.29) is 36.6 Å². The van der Waals surface area contributed by atoms with Crippen LogP contribution in [0.25, 0.3) is 0 Å². The average molecular weight is 251 g/mol. The van der Waals surface area contributed by atoms with E-state index in [9.17, 15) is 4.79 Å². The summed E-state index contributed by atoms with van der Waals surface area (Å²) in [5.74, 6) is -0.0464. The van der Waals surface area contributed by atoms with Gasteiger partial charge in [-0.15, -0.1) is 12.4 Å². The van der Waals surface area contributed by atoms with Gasteiger partial charge in [0.2, 0.25) is 5.91 Å². The molecule has 2 fully saturated rings. The van der Waals surface area contributed by atoms with Gasteiger partial charge in [0.05, 0.1) is 18.2 Å². The molecule has 0 radical (unpaired) electrons. The van der Waals surface area contributed by atoms with E-state index in [4.69, 9.17) is 9.47 Å². The third kappa shape index (κ3) is 3.59. The van der Waals surface area contributed by atoms with Gasteiger partial charge in [-0.25, -0.2) is 0 Å². The normalized spacial score (nSPS) is 29.3. The fraction of sp³-hybridized carbons (Fsp3) is 0.900. The quantitative estimate of drug-likeness (QED) is 0.719. The van der Waals surface area contributed by atoms with E-state index in [0.717, 1.165) is 26.1 Å². The highest BCUT2D eigenvalue weighted by atomic mass is 35.5. The van der Waals surface area contributed by atoms with Gasteiger partial charge in [0.15, 0.2) is 0 Å². The maximum absolute atomic E-state index is 11.5. The number of halogens is 1. The first-order valence-corrected chi connectivity index (χ1v) is 5.39. The fourth-order valence-electron chi connectivity index (χ4n) is 1.71. The lowest BCUT2D eigenvalue weighted by Crippen LogP contribution is -2.52. The molecule has 2 saturated heterocycles. The Labute approximate surface area is 102 Å². The first kappa shape index (κ1) is 13.7. The van der Waals surface area contributed by atoms with Crippen LogP contribution >= 0.6 is 12.4 Å². The van der Waals surface area contributed by atoms with Crippen molar-refractivity contribution in [3.05, 3.63) is 0 Å². The number of hydrogen-bond acceptors (Lipinski definition) is 4. The van der Waals surface area contributed by atoms with Crippen molar-refractivity contribution in [3.8, 4) is 0 Å². The van der Waals surface area contributed by atoms with Gasteiger partial charge in [-0.2, -0.15) is 0 Å². The zero-order chi connectivity index (χ0) is 10.7. The standard InChI is InChI=1S/C10H18N2O3.ClH/c1-10(2-3-14-7-10)12-9(13)6-15-8-4-11-5-8;/h8,11H,2-7H2,1H3,(H,12,13);1H. The fourth-order valence-corrected chi connectivity index (χ4v) is 1.71. The van der Waals surface area contributed by atoms with Crippen LogP contribution in [0.4, 0.5) is 0 Å². The largest absolute Gasteiger partial charge is 0.379 e. The third-order valence-electron chi connectivity index (χ3n) is 2.85. The molecule has 6 heteroatoms. The Kier molecular flexibility index (Phi) is 4.98. The Hall–Kier alpha value is -0.360. The second kappa shape index (κ2) is 5.82. The SMILES string of the molecule is CC1(NC(=O)COC2CNC2)CCOC1.Cl. The molecule has 5 nitrogen and oxygen atoms in total. The minimum Gasteiger partial charge on any atom is -0.379 e. The molecule has 0 aliphatic carbocycles. The Bertz CT molecular complexity index is 240. The first-order chi connectivity index (χ1) is 7.18. The predicted octanol–water partition coefficient (Wildman–Crippen LogP) is -0.308. The molecule has 16 heavy (non-hydrogen) atoms. The maximum Gasteiger partial charge on any atom is 0.246 e. The summed E-state index contributed by atoms with van der Waals surface area (Å²) in [6.45, 7) is 5.19. The van der Waals surface area contributed by atoms with Crippen LogP contribution in [0.15, 0.2) is 0 Å². The molecule has 2 heterocycles. The predicted molar refractivity (Wildman–Crippen MR) is 61.8 cm³/mol. The molecule has 2 N–H and O–H groups in total. The lowest BCUT2D eigenvalue weighted by atomic mass is 10.0. The van der Waals surface area contributed by atoms with Gasteiger partial charge >= 0.3 is 0 Å². The number of hydrogen-bond donors (Lipinski definition) is 2. The van der Waals surface area contributed by atoms with Crippen LogP contribution in [-0.4, -0.2) is 50.5 Å². The van der Waals surface area contributed by atoms with Crippen molar-refractivity contribution >= 4 is 18.3 Å². The van der Waals surface area contributed by atoms with Crippen molar-refractivity contribution in [3.63, 3.8) is 0 Å². The van der Waals surface area contributed by atoms with E-state index in [1.54, 1.807) is 0 Å². The highest BCUT2D eigenvalue weighted by molar-refractivity contribution is 5.85. The van der Waals surface area contributed by atoms with Crippen molar-refractivity contribution in [2.45, 2.75) is 25.0 Å². The van der Waals surface area contributed by atoms with Crippen LogP contribution in [0.2, 0.25) is 0 Å². The number of ether oxygens (including phenoxy) is 2. The van der Waals surface area contributed by atoms with Crippen molar-refractivity contribution < 1.29 is 14.3 Å². The smallest absolute Gasteiger partial charge is 0.246 e. The molecular weight excluding hydrogens is 232 g/mol. The van der Waals surface area contributed by atoms with E-state index < -0.39 is 0 Å². The zero-order valence-corrected chi connectivity index (χ0v) is 10.3. The molecule has 2 rings (SSSR count). The molecular formula is C10H19ClN2O3. The van der Waals surface area contributed by atoms with Gasteiger partial charge in [-0.1, -0.05) is 0 Å². The van der Waals surface area contributed by atoms with E-state index in [1.807, 2.05) is 6.92 Å². The lowest BCUT2D eigenvalue weighted by molar-refractivity contribution is -0.130. The minimum absolute atomic E-state index is 0. The van der Waals surface area contributed by atoms with Crippen molar-refractivity contribution in [2.75, 3.05) is 32.9 Å². The monoisotopic (exact) mass is 250 g/mol. The van der Waals surface area contributed by atoms with Crippen molar-refractivity contribution in [2.24, 2.45) is 0 Å². The Morgan fingerprint density at radius 2 is 2.38 bits per heavy atom. The van der Waals surface area contributed by atoms with Gasteiger partial charge in [0.1, 0.15) is 6.61 Å². The van der Waals surface area contributed by atoms with Crippen LogP contribution in [0.5, 0.6) is 0 Å². The highest BCUT2D eigenvalue weighted by Crippen LogP contribution is 2.17. The number of nitrogens with one attached hydrogen (secondary N) is 2. The van der Waals surface area contributed by atoms with Crippen LogP contribution in [0, 0.1) is 0 Å². The van der Waals surface area contributed by atoms with E-state index in [0.29, 0.717) is 6.61 Å². The molecule has 94 valence electrons. The van der Waals surface area contributed by atoms with Gasteiger partial charge in [-0.3, -0.25) is 4.79 Å². The Morgan fingerprint density at radius 1 is 1.62 bits per heavy atom. The molecule has 2 aliphatic heterocycles. The molecule has 0 saturated carbocycles. The van der Waals surface area contributed by atoms with Crippen molar-refractivity contribution in [1.82, 2.24) is 10.6 Å². The molecule has 0 bridgehead atoms. The van der Waals surface area contributed by atoms with Gasteiger partial charge in [0, 0.05) is 19.7 Å². The van der Waals surface area contributed by atoms with Gasteiger partial charge in [0.25, 0.3) is 0 Å². The van der Waals surface area contributed by atoms with E-state index >= 15 is 0 Å². The second-order valence-electron chi connectivity index (χ2n) is 4.50. The molecule has 2 aliphatic rings. The molecule has 1 atom stereocenters. The summed E-state index contributed by atoms with van der Waals surface area (Å²) in [6, 6.07) is 0. The first-order valence-electron chi connectivity index (χ1n) is 5.39. The van der Waals surface area contributed by atoms with E-state index in [2.05, 4.69) is 10.6 Å². The Morgan fingerprint density at radius 3 is 2.88 bits per heavy atom. The van der Waals surface area contributed by atoms with Crippen LogP contribution in [-0.2, 0) is 14.3 Å². The van der Waals surface area contributed by atoms with Crippen molar-refractivity contribution in [1.29, 1.82) is 0 Å². The minimum atomic E-state index is -0.196. The van der Waals surface area contributed by atoms with Gasteiger partial charge in [-0.05, 0) is 13.3 Å². The highest BCUT2D eigenvalue weighted by Gasteiger charge is 2.31. The molecule has 0 aromatic rings. The molecule has 0 aromatic heterocycles. The Balaban J connectivity index is 0.00000128. The summed E-state index contributed by atoms with van der Waals surface area (Å²) < 4.78 is 10.6. The molecule has 1 amide bonds. The summed E-state index contributed by atoms with van der Waals surface area (Å²) in [4.78, 5) is 11.5. The molecule has 1 unspecified atom stereocenters. The van der Waals surface area contributed by atoms with E-state index in [1.165, 1.54) is 0 Å². The van der Waals surface area contributed by atoms with Crippen LogP contribution in [0.1, 0.15) is 13.3 Å². The second-order valence-corrected chi connectivity index (χ2v) is 4.50. The average Bonchev–Trinajstić information content (AvgIpc) is 2.49. The van der Waals surface area contributed by atoms with Crippen LogP contribution < -0.4 is 10.6 Å². The molecule has 0 spiro atoms. The molecule has 0 aromatic carbocycles.